The number of fused-ring (bicyclic) bond motifs is 2. The topological polar surface area (TPSA) is 187 Å². The Bertz CT molecular complexity index is 2540. The Balaban J connectivity index is 0.715. The van der Waals surface area contributed by atoms with Crippen molar-refractivity contribution in [3.63, 3.8) is 0 Å². The van der Waals surface area contributed by atoms with E-state index >= 15 is 0 Å². The monoisotopic (exact) mass is 843 g/mol. The van der Waals surface area contributed by atoms with Gasteiger partial charge in [-0.05, 0) is 73.4 Å². The molecule has 1 unspecified atom stereocenters. The van der Waals surface area contributed by atoms with E-state index in [2.05, 4.69) is 35.6 Å². The highest BCUT2D eigenvalue weighted by Gasteiger charge is 2.45. The van der Waals surface area contributed by atoms with Crippen molar-refractivity contribution in [3.05, 3.63) is 102 Å². The van der Waals surface area contributed by atoms with Gasteiger partial charge in [0.05, 0.1) is 48.8 Å². The molecule has 5 aromatic rings. The molecule has 2 atom stereocenters. The van der Waals surface area contributed by atoms with Gasteiger partial charge in [-0.3, -0.25) is 39.1 Å². The maximum Gasteiger partial charge on any atom is 0.264 e. The van der Waals surface area contributed by atoms with E-state index in [4.69, 9.17) is 14.8 Å². The van der Waals surface area contributed by atoms with E-state index in [0.717, 1.165) is 52.9 Å². The minimum absolute atomic E-state index is 0.0427. The van der Waals surface area contributed by atoms with Crippen molar-refractivity contribution in [3.8, 4) is 11.4 Å². The van der Waals surface area contributed by atoms with Crippen molar-refractivity contribution in [1.29, 1.82) is 0 Å². The van der Waals surface area contributed by atoms with Crippen LogP contribution in [0.4, 0.5) is 21.7 Å². The zero-order chi connectivity index (χ0) is 42.7. The number of ether oxygens (including phenoxy) is 1. The molecule has 7 heterocycles. The number of rotatable bonds is 14. The lowest BCUT2D eigenvalue weighted by atomic mass is 10.0. The average molecular weight is 844 g/mol. The minimum Gasteiger partial charge on any atom is -0.382 e. The van der Waals surface area contributed by atoms with Crippen molar-refractivity contribution >= 4 is 52.5 Å². The van der Waals surface area contributed by atoms with Gasteiger partial charge in [-0.1, -0.05) is 24.3 Å². The molecule has 3 saturated heterocycles. The second kappa shape index (κ2) is 17.7. The molecule has 320 valence electrons. The first kappa shape index (κ1) is 40.6. The van der Waals surface area contributed by atoms with Crippen LogP contribution in [-0.4, -0.2) is 131 Å². The van der Waals surface area contributed by atoms with Crippen LogP contribution in [0.1, 0.15) is 58.0 Å². The van der Waals surface area contributed by atoms with Gasteiger partial charge in [-0.15, -0.1) is 5.10 Å². The highest BCUT2D eigenvalue weighted by molar-refractivity contribution is 6.25. The summed E-state index contributed by atoms with van der Waals surface area (Å²) in [4.78, 5) is 80.3. The second-order valence-electron chi connectivity index (χ2n) is 15.7. The number of pyridine rings is 1. The van der Waals surface area contributed by atoms with Gasteiger partial charge < -0.3 is 25.2 Å². The van der Waals surface area contributed by atoms with Crippen molar-refractivity contribution in [1.82, 2.24) is 40.0 Å². The van der Waals surface area contributed by atoms with Gasteiger partial charge >= 0.3 is 0 Å². The summed E-state index contributed by atoms with van der Waals surface area (Å²) in [6, 6.07) is 20.5. The molecule has 2 aromatic carbocycles. The van der Waals surface area contributed by atoms with Crippen LogP contribution in [0.2, 0.25) is 0 Å². The molecule has 0 saturated carbocycles. The van der Waals surface area contributed by atoms with Crippen molar-refractivity contribution in [2.45, 2.75) is 37.8 Å². The summed E-state index contributed by atoms with van der Waals surface area (Å²) in [5, 5.41) is 13.3. The molecule has 4 aliphatic rings. The summed E-state index contributed by atoms with van der Waals surface area (Å²) in [6.45, 7) is 5.09. The SMILES string of the molecule is O=C(CN1CCN(c2cccc(-c3cnc4ccc(N5CCC[C@@H]5c5cccc(F)c5)nn34)n2)CC1)NCCOCCNc1cccc2c1C(=O)N(C1CCC(=O)NC1=O)C2=O. The predicted molar refractivity (Wildman–Crippen MR) is 226 cm³/mol. The number of anilines is 3. The van der Waals surface area contributed by atoms with E-state index in [1.165, 1.54) is 6.07 Å². The lowest BCUT2D eigenvalue weighted by Gasteiger charge is -2.35. The molecule has 17 nitrogen and oxygen atoms in total. The van der Waals surface area contributed by atoms with Gasteiger partial charge in [0.2, 0.25) is 17.7 Å². The Labute approximate surface area is 356 Å². The van der Waals surface area contributed by atoms with Gasteiger partial charge in [0, 0.05) is 57.9 Å². The molecule has 18 heteroatoms. The molecule has 0 bridgehead atoms. The molecular weight excluding hydrogens is 798 g/mol. The number of hydrogen-bond acceptors (Lipinski definition) is 13. The Morgan fingerprint density at radius 2 is 1.68 bits per heavy atom. The van der Waals surface area contributed by atoms with Crippen LogP contribution < -0.4 is 25.8 Å². The molecule has 4 aliphatic heterocycles. The summed E-state index contributed by atoms with van der Waals surface area (Å²) in [5.74, 6) is -0.935. The van der Waals surface area contributed by atoms with Gasteiger partial charge in [-0.2, -0.15) is 0 Å². The summed E-state index contributed by atoms with van der Waals surface area (Å²) < 4.78 is 21.6. The summed E-state index contributed by atoms with van der Waals surface area (Å²) in [7, 11) is 0. The Hall–Kier alpha value is -6.79. The molecule has 3 aromatic heterocycles. The number of halogens is 1. The highest BCUT2D eigenvalue weighted by Crippen LogP contribution is 2.36. The van der Waals surface area contributed by atoms with Crippen LogP contribution in [0.25, 0.3) is 17.0 Å². The number of imidazole rings is 1. The Morgan fingerprint density at radius 3 is 2.52 bits per heavy atom. The fourth-order valence-electron chi connectivity index (χ4n) is 8.71. The highest BCUT2D eigenvalue weighted by atomic mass is 19.1. The number of amides is 5. The summed E-state index contributed by atoms with van der Waals surface area (Å²) >= 11 is 0. The number of imide groups is 2. The van der Waals surface area contributed by atoms with Crippen LogP contribution >= 0.6 is 0 Å². The first-order valence-electron chi connectivity index (χ1n) is 21.0. The summed E-state index contributed by atoms with van der Waals surface area (Å²) in [6.07, 6.45) is 3.83. The second-order valence-corrected chi connectivity index (χ2v) is 15.7. The first-order valence-corrected chi connectivity index (χ1v) is 21.0. The summed E-state index contributed by atoms with van der Waals surface area (Å²) in [5.41, 5.74) is 4.00. The largest absolute Gasteiger partial charge is 0.382 e. The zero-order valence-electron chi connectivity index (χ0n) is 34.0. The average Bonchev–Trinajstić information content (AvgIpc) is 4.00. The van der Waals surface area contributed by atoms with Crippen molar-refractivity contribution in [2.75, 3.05) is 80.7 Å². The van der Waals surface area contributed by atoms with E-state index in [-0.39, 0.29) is 61.5 Å². The van der Waals surface area contributed by atoms with E-state index < -0.39 is 29.7 Å². The standard InChI is InChI=1S/C44H46FN11O6/c45-29-6-1-5-28(25-29)33-10-4-18-54(33)38-14-13-36-48-26-35(56(36)51-38)31-8-3-11-37(49-31)53-21-19-52(20-22-53)27-40(58)47-17-24-62-23-16-46-32-9-2-7-30-41(32)44(61)55(43(30)60)34-12-15-39(57)50-42(34)59/h1-3,5-9,11,13-14,25-26,33-34,46H,4,10,12,15-24,27H2,(H,47,58)(H,50,57,59)/t33-,34?/m1/s1. The van der Waals surface area contributed by atoms with Crippen LogP contribution in [0.5, 0.6) is 0 Å². The molecule has 62 heavy (non-hydrogen) atoms. The third kappa shape index (κ3) is 8.30. The van der Waals surface area contributed by atoms with Crippen LogP contribution in [0.15, 0.2) is 79.0 Å². The molecule has 3 N–H and O–H groups in total. The van der Waals surface area contributed by atoms with Crippen LogP contribution in [0, 0.1) is 5.82 Å². The Kier molecular flexibility index (Phi) is 11.6. The number of nitrogens with one attached hydrogen (secondary N) is 3. The number of piperazine rings is 1. The van der Waals surface area contributed by atoms with E-state index in [9.17, 15) is 28.4 Å². The number of carbonyl (C=O) groups excluding carboxylic acids is 5. The molecule has 3 fully saturated rings. The lowest BCUT2D eigenvalue weighted by Crippen LogP contribution is -2.54. The Morgan fingerprint density at radius 1 is 0.855 bits per heavy atom. The molecule has 5 amide bonds. The van der Waals surface area contributed by atoms with E-state index in [1.807, 2.05) is 40.9 Å². The minimum atomic E-state index is -1.04. The van der Waals surface area contributed by atoms with Crippen molar-refractivity contribution < 1.29 is 33.1 Å². The van der Waals surface area contributed by atoms with Crippen LogP contribution in [-0.2, 0) is 19.1 Å². The maximum absolute atomic E-state index is 14.1. The molecule has 0 aliphatic carbocycles. The number of piperidine rings is 1. The molecule has 0 radical (unpaired) electrons. The van der Waals surface area contributed by atoms with E-state index in [0.29, 0.717) is 50.6 Å². The molecular formula is C44H46FN11O6. The van der Waals surface area contributed by atoms with Gasteiger partial charge in [0.25, 0.3) is 11.8 Å². The predicted octanol–water partition coefficient (Wildman–Crippen LogP) is 3.04. The quantitative estimate of drug-likeness (QED) is 0.110. The smallest absolute Gasteiger partial charge is 0.264 e. The van der Waals surface area contributed by atoms with Gasteiger partial charge in [0.1, 0.15) is 29.2 Å². The van der Waals surface area contributed by atoms with Crippen molar-refractivity contribution in [2.24, 2.45) is 0 Å². The number of nitrogens with zero attached hydrogens (tertiary/aromatic N) is 8. The number of aromatic nitrogens is 4. The third-order valence-corrected chi connectivity index (χ3v) is 11.8. The number of hydrogen-bond donors (Lipinski definition) is 3. The first-order chi connectivity index (χ1) is 30.2. The zero-order valence-corrected chi connectivity index (χ0v) is 34.0. The van der Waals surface area contributed by atoms with Gasteiger partial charge in [-0.25, -0.2) is 18.9 Å². The number of carbonyl (C=O) groups is 5. The number of benzene rings is 2. The fourth-order valence-corrected chi connectivity index (χ4v) is 8.71. The maximum atomic E-state index is 14.1. The lowest BCUT2D eigenvalue weighted by molar-refractivity contribution is -0.136. The fraction of sp³-hybridized carbons (Fsp3) is 0.364. The molecule has 0 spiro atoms. The van der Waals surface area contributed by atoms with Crippen LogP contribution in [0.3, 0.4) is 0 Å². The van der Waals surface area contributed by atoms with E-state index in [1.54, 1.807) is 36.5 Å². The normalized spacial score (nSPS) is 19.3. The molecule has 9 rings (SSSR count). The van der Waals surface area contributed by atoms with Gasteiger partial charge in [0.15, 0.2) is 5.65 Å². The third-order valence-electron chi connectivity index (χ3n) is 11.8.